The van der Waals surface area contributed by atoms with Gasteiger partial charge in [0.1, 0.15) is 18.4 Å². The van der Waals surface area contributed by atoms with Gasteiger partial charge >= 0.3 is 12.1 Å². The van der Waals surface area contributed by atoms with E-state index in [0.29, 0.717) is 24.6 Å². The Hall–Kier alpha value is -3.01. The van der Waals surface area contributed by atoms with Crippen LogP contribution >= 0.6 is 0 Å². The lowest BCUT2D eigenvalue weighted by Crippen LogP contribution is -2.47. The minimum Gasteiger partial charge on any atom is -0.490 e. The molecule has 2 heterocycles. The molecule has 1 amide bonds. The van der Waals surface area contributed by atoms with E-state index in [9.17, 15) is 9.59 Å². The number of ether oxygens (including phenoxy) is 3. The number of nitrogens with zero attached hydrogens (tertiary/aromatic N) is 2. The monoisotopic (exact) mass is 447 g/mol. The van der Waals surface area contributed by atoms with Crippen molar-refractivity contribution >= 4 is 18.0 Å². The molecule has 2 aliphatic rings. The van der Waals surface area contributed by atoms with Gasteiger partial charge in [-0.3, -0.25) is 10.2 Å². The molecule has 3 rings (SSSR count). The molecule has 3 unspecified atom stereocenters. The first-order valence-corrected chi connectivity index (χ1v) is 10.9. The Morgan fingerprint density at radius 3 is 2.53 bits per heavy atom. The van der Waals surface area contributed by atoms with Crippen molar-refractivity contribution in [2.45, 2.75) is 44.4 Å². The predicted molar refractivity (Wildman–Crippen MR) is 118 cm³/mol. The third-order valence-corrected chi connectivity index (χ3v) is 6.28. The molecule has 0 aliphatic carbocycles. The summed E-state index contributed by atoms with van der Waals surface area (Å²) in [5.74, 6) is 0.658. The molecule has 3 atom stereocenters. The van der Waals surface area contributed by atoms with E-state index < -0.39 is 12.0 Å². The second-order valence-corrected chi connectivity index (χ2v) is 8.40. The summed E-state index contributed by atoms with van der Waals surface area (Å²) in [6.45, 7) is 4.27. The molecule has 1 aromatic carbocycles. The highest BCUT2D eigenvalue weighted by atomic mass is 16.6. The number of carbonyl (C=O) groups is 2. The number of likely N-dealkylation sites (tertiary alicyclic amines) is 1. The molecule has 2 aliphatic heterocycles. The average Bonchev–Trinajstić information content (AvgIpc) is 3.17. The van der Waals surface area contributed by atoms with E-state index in [1.165, 1.54) is 7.11 Å². The Bertz CT molecular complexity index is 809. The van der Waals surface area contributed by atoms with Crippen molar-refractivity contribution in [1.82, 2.24) is 9.80 Å². The van der Waals surface area contributed by atoms with Crippen LogP contribution < -0.4 is 16.2 Å². The summed E-state index contributed by atoms with van der Waals surface area (Å²) in [5.41, 5.74) is 12.3. The van der Waals surface area contributed by atoms with Crippen LogP contribution in [0, 0.1) is 11.3 Å². The number of rotatable bonds is 8. The maximum atomic E-state index is 12.4. The quantitative estimate of drug-likeness (QED) is 0.303. The number of nitrogens with two attached hydrogens (primary N) is 2. The van der Waals surface area contributed by atoms with Gasteiger partial charge in [0, 0.05) is 19.1 Å². The van der Waals surface area contributed by atoms with Crippen LogP contribution in [0.25, 0.3) is 0 Å². The first-order valence-electron chi connectivity index (χ1n) is 10.9. The topological polar surface area (TPSA) is 144 Å². The van der Waals surface area contributed by atoms with Crippen molar-refractivity contribution in [3.8, 4) is 5.75 Å². The van der Waals surface area contributed by atoms with E-state index in [1.807, 2.05) is 17.0 Å². The lowest BCUT2D eigenvalue weighted by atomic mass is 9.89. The van der Waals surface area contributed by atoms with Crippen molar-refractivity contribution in [3.63, 3.8) is 0 Å². The second kappa shape index (κ2) is 10.5. The highest BCUT2D eigenvalue weighted by Crippen LogP contribution is 2.27. The third-order valence-electron chi connectivity index (χ3n) is 6.28. The zero-order chi connectivity index (χ0) is 23.3. The first-order chi connectivity index (χ1) is 15.3. The van der Waals surface area contributed by atoms with Gasteiger partial charge in [0.15, 0.2) is 12.1 Å². The maximum absolute atomic E-state index is 12.4. The van der Waals surface area contributed by atoms with Gasteiger partial charge in [0.25, 0.3) is 0 Å². The molecule has 32 heavy (non-hydrogen) atoms. The SMILES string of the molecule is COC(=O)C(N)Cc1ccc(OCC2CN(C(C)C3CCN(C(=N)N)CC3)C(=O)O2)cc1. The molecule has 0 spiro atoms. The second-order valence-electron chi connectivity index (χ2n) is 8.40. The Balaban J connectivity index is 1.45. The number of amides is 1. The van der Waals surface area contributed by atoms with E-state index in [0.717, 1.165) is 31.5 Å². The van der Waals surface area contributed by atoms with Crippen LogP contribution in [-0.4, -0.2) is 79.4 Å². The summed E-state index contributed by atoms with van der Waals surface area (Å²) >= 11 is 0. The molecule has 2 fully saturated rings. The highest BCUT2D eigenvalue weighted by Gasteiger charge is 2.38. The van der Waals surface area contributed by atoms with Crippen LogP contribution in [0.1, 0.15) is 25.3 Å². The van der Waals surface area contributed by atoms with Gasteiger partial charge < -0.3 is 35.5 Å². The lowest BCUT2D eigenvalue weighted by molar-refractivity contribution is -0.142. The van der Waals surface area contributed by atoms with E-state index in [2.05, 4.69) is 11.7 Å². The minimum atomic E-state index is -0.702. The summed E-state index contributed by atoms with van der Waals surface area (Å²) in [4.78, 5) is 27.5. The number of benzene rings is 1. The normalized spacial score (nSPS) is 21.1. The summed E-state index contributed by atoms with van der Waals surface area (Å²) in [5, 5.41) is 7.55. The molecule has 10 heteroatoms. The summed E-state index contributed by atoms with van der Waals surface area (Å²) < 4.78 is 16.0. The van der Waals surface area contributed by atoms with Crippen LogP contribution in [0.2, 0.25) is 0 Å². The number of carbonyl (C=O) groups excluding carboxylic acids is 2. The van der Waals surface area contributed by atoms with Crippen LogP contribution in [0.4, 0.5) is 4.79 Å². The molecule has 10 nitrogen and oxygen atoms in total. The van der Waals surface area contributed by atoms with Gasteiger partial charge in [-0.25, -0.2) is 4.79 Å². The number of nitrogens with one attached hydrogen (secondary N) is 1. The molecule has 2 saturated heterocycles. The zero-order valence-electron chi connectivity index (χ0n) is 18.7. The van der Waals surface area contributed by atoms with E-state index in [-0.39, 0.29) is 30.8 Å². The van der Waals surface area contributed by atoms with Gasteiger partial charge in [-0.2, -0.15) is 0 Å². The summed E-state index contributed by atoms with van der Waals surface area (Å²) in [6.07, 6.45) is 1.50. The largest absolute Gasteiger partial charge is 0.490 e. The Labute approximate surface area is 188 Å². The third kappa shape index (κ3) is 5.82. The van der Waals surface area contributed by atoms with Crippen LogP contribution in [0.3, 0.4) is 0 Å². The number of guanidine groups is 1. The Morgan fingerprint density at radius 1 is 1.28 bits per heavy atom. The fourth-order valence-corrected chi connectivity index (χ4v) is 4.24. The van der Waals surface area contributed by atoms with Crippen molar-refractivity contribution in [1.29, 1.82) is 5.41 Å². The lowest BCUT2D eigenvalue weighted by Gasteiger charge is -2.37. The van der Waals surface area contributed by atoms with Gasteiger partial charge in [0.05, 0.1) is 13.7 Å². The van der Waals surface area contributed by atoms with Crippen LogP contribution in [0.5, 0.6) is 5.75 Å². The Morgan fingerprint density at radius 2 is 1.94 bits per heavy atom. The van der Waals surface area contributed by atoms with Crippen molar-refractivity contribution < 1.29 is 23.8 Å². The number of cyclic esters (lactones) is 1. The molecule has 0 bridgehead atoms. The number of hydrogen-bond acceptors (Lipinski definition) is 7. The summed E-state index contributed by atoms with van der Waals surface area (Å²) in [6, 6.07) is 6.66. The van der Waals surface area contributed by atoms with Crippen LogP contribution in [-0.2, 0) is 20.7 Å². The molecule has 0 saturated carbocycles. The molecular formula is C22H33N5O5. The average molecular weight is 448 g/mol. The molecule has 1 aromatic rings. The summed E-state index contributed by atoms with van der Waals surface area (Å²) in [7, 11) is 1.31. The standard InChI is InChI=1S/C22H33N5O5/c1-14(16-7-9-26(10-8-16)21(24)25)27-12-18(32-22(27)29)13-31-17-5-3-15(4-6-17)11-19(23)20(28)30-2/h3-6,14,16,18-19H,7-13,23H2,1-2H3,(H3,24,25). The zero-order valence-corrected chi connectivity index (χ0v) is 18.7. The van der Waals surface area contributed by atoms with Gasteiger partial charge in [-0.15, -0.1) is 0 Å². The number of hydrogen-bond donors (Lipinski definition) is 3. The molecular weight excluding hydrogens is 414 g/mol. The fraction of sp³-hybridized carbons (Fsp3) is 0.591. The molecule has 0 aromatic heterocycles. The van der Waals surface area contributed by atoms with Crippen LogP contribution in [0.15, 0.2) is 24.3 Å². The van der Waals surface area contributed by atoms with E-state index in [1.54, 1.807) is 17.0 Å². The number of esters is 1. The minimum absolute atomic E-state index is 0.0555. The maximum Gasteiger partial charge on any atom is 0.410 e. The van der Waals surface area contributed by atoms with Crippen molar-refractivity contribution in [2.24, 2.45) is 17.4 Å². The molecule has 0 radical (unpaired) electrons. The van der Waals surface area contributed by atoms with Crippen molar-refractivity contribution in [2.75, 3.05) is 33.4 Å². The number of piperidine rings is 1. The number of methoxy groups -OCH3 is 1. The van der Waals surface area contributed by atoms with E-state index in [4.69, 9.17) is 26.4 Å². The smallest absolute Gasteiger partial charge is 0.410 e. The fourth-order valence-electron chi connectivity index (χ4n) is 4.24. The highest BCUT2D eigenvalue weighted by molar-refractivity contribution is 5.75. The first kappa shape index (κ1) is 23.6. The molecule has 176 valence electrons. The predicted octanol–water partition coefficient (Wildman–Crippen LogP) is 0.923. The Kier molecular flexibility index (Phi) is 7.79. The molecule has 5 N–H and O–H groups in total. The van der Waals surface area contributed by atoms with Gasteiger partial charge in [-0.05, 0) is 49.8 Å². The van der Waals surface area contributed by atoms with Gasteiger partial charge in [0.2, 0.25) is 0 Å². The van der Waals surface area contributed by atoms with Gasteiger partial charge in [-0.1, -0.05) is 12.1 Å². The van der Waals surface area contributed by atoms with Crippen molar-refractivity contribution in [3.05, 3.63) is 29.8 Å². The van der Waals surface area contributed by atoms with E-state index >= 15 is 0 Å².